The molecule has 0 radical (unpaired) electrons. The van der Waals surface area contributed by atoms with Crippen LogP contribution < -0.4 is 4.90 Å². The lowest BCUT2D eigenvalue weighted by Crippen LogP contribution is -2.28. The van der Waals surface area contributed by atoms with E-state index in [-0.39, 0.29) is 5.69 Å². The summed E-state index contributed by atoms with van der Waals surface area (Å²) in [5, 5.41) is 24.9. The van der Waals surface area contributed by atoms with Crippen molar-refractivity contribution in [3.8, 4) is 6.07 Å². The molecule has 21 heavy (non-hydrogen) atoms. The zero-order valence-electron chi connectivity index (χ0n) is 11.4. The topological polar surface area (TPSA) is 95.0 Å². The van der Waals surface area contributed by atoms with Crippen LogP contribution in [0.3, 0.4) is 0 Å². The molecule has 1 N–H and O–H groups in total. The van der Waals surface area contributed by atoms with Gasteiger partial charge < -0.3 is 10.0 Å². The molecule has 1 aromatic carbocycles. The average molecular weight is 285 g/mol. The normalized spacial score (nSPS) is 10.0. The predicted molar refractivity (Wildman–Crippen MR) is 75.9 cm³/mol. The fourth-order valence-corrected chi connectivity index (χ4v) is 1.92. The number of carbonyl (C=O) groups is 1. The van der Waals surface area contributed by atoms with Crippen molar-refractivity contribution in [3.05, 3.63) is 42.2 Å². The van der Waals surface area contributed by atoms with Crippen molar-refractivity contribution in [1.82, 2.24) is 15.0 Å². The molecule has 0 spiro atoms. The molecule has 1 heterocycles. The Labute approximate surface area is 122 Å². The van der Waals surface area contributed by atoms with Gasteiger partial charge in [-0.15, -0.1) is 5.10 Å². The minimum Gasteiger partial charge on any atom is -0.476 e. The van der Waals surface area contributed by atoms with E-state index in [1.165, 1.54) is 10.9 Å². The van der Waals surface area contributed by atoms with E-state index < -0.39 is 5.97 Å². The molecule has 0 atom stereocenters. The predicted octanol–water partition coefficient (Wildman–Crippen LogP) is 1.40. The summed E-state index contributed by atoms with van der Waals surface area (Å²) in [6.07, 6.45) is 1.82. The molecule has 2 rings (SSSR count). The number of hydrogen-bond acceptors (Lipinski definition) is 5. The van der Waals surface area contributed by atoms with Crippen molar-refractivity contribution in [2.45, 2.75) is 13.0 Å². The molecule has 0 amide bonds. The molecule has 1 aromatic heterocycles. The number of aromatic carboxylic acids is 1. The van der Waals surface area contributed by atoms with Crippen LogP contribution in [-0.4, -0.2) is 39.2 Å². The van der Waals surface area contributed by atoms with Crippen LogP contribution in [0.4, 0.5) is 5.69 Å². The van der Waals surface area contributed by atoms with Gasteiger partial charge in [-0.3, -0.25) is 0 Å². The molecule has 108 valence electrons. The van der Waals surface area contributed by atoms with E-state index >= 15 is 0 Å². The number of nitriles is 1. The monoisotopic (exact) mass is 285 g/mol. The molecule has 0 aliphatic rings. The van der Waals surface area contributed by atoms with Crippen molar-refractivity contribution >= 4 is 11.7 Å². The van der Waals surface area contributed by atoms with Gasteiger partial charge in [-0.1, -0.05) is 23.4 Å². The van der Waals surface area contributed by atoms with Crippen LogP contribution in [0.15, 0.2) is 36.5 Å². The van der Waals surface area contributed by atoms with Gasteiger partial charge in [0.2, 0.25) is 0 Å². The summed E-state index contributed by atoms with van der Waals surface area (Å²) in [5.74, 6) is -1.09. The maximum absolute atomic E-state index is 10.8. The van der Waals surface area contributed by atoms with Crippen molar-refractivity contribution in [2.24, 2.45) is 0 Å². The molecule has 0 aliphatic carbocycles. The molecule has 7 nitrogen and oxygen atoms in total. The van der Waals surface area contributed by atoms with Crippen LogP contribution in [0.5, 0.6) is 0 Å². The van der Waals surface area contributed by atoms with Gasteiger partial charge >= 0.3 is 5.97 Å². The first-order chi connectivity index (χ1) is 10.2. The van der Waals surface area contributed by atoms with Gasteiger partial charge in [0.15, 0.2) is 5.69 Å². The maximum Gasteiger partial charge on any atom is 0.358 e. The van der Waals surface area contributed by atoms with Crippen molar-refractivity contribution in [2.75, 3.05) is 18.0 Å². The molecule has 7 heteroatoms. The highest BCUT2D eigenvalue weighted by atomic mass is 16.4. The molecule has 0 unspecified atom stereocenters. The molecular weight excluding hydrogens is 270 g/mol. The second-order valence-corrected chi connectivity index (χ2v) is 4.40. The number of carboxylic acid groups (broad SMARTS) is 1. The Hall–Kier alpha value is -2.88. The third-order valence-electron chi connectivity index (χ3n) is 2.97. The third kappa shape index (κ3) is 4.04. The Kier molecular flexibility index (Phi) is 4.88. The standard InChI is InChI=1S/C14H15N5O2/c15-7-4-8-18(12-5-2-1-3-6-12)9-10-19-11-13(14(20)21)16-17-19/h1-3,5-6,11H,4,8-10H2,(H,20,21). The van der Waals surface area contributed by atoms with Crippen LogP contribution in [-0.2, 0) is 6.54 Å². The average Bonchev–Trinajstić information content (AvgIpc) is 2.97. The first kappa shape index (κ1) is 14.5. The first-order valence-electron chi connectivity index (χ1n) is 6.51. The summed E-state index contributed by atoms with van der Waals surface area (Å²) in [6.45, 7) is 1.73. The number of benzene rings is 1. The second kappa shape index (κ2) is 7.05. The van der Waals surface area contributed by atoms with Crippen LogP contribution >= 0.6 is 0 Å². The van der Waals surface area contributed by atoms with Crippen molar-refractivity contribution in [3.63, 3.8) is 0 Å². The molecule has 0 saturated heterocycles. The molecule has 0 fully saturated rings. The number of aromatic nitrogens is 3. The van der Waals surface area contributed by atoms with Gasteiger partial charge in [0.25, 0.3) is 0 Å². The van der Waals surface area contributed by atoms with Crippen LogP contribution in [0, 0.1) is 11.3 Å². The van der Waals surface area contributed by atoms with E-state index in [0.29, 0.717) is 26.1 Å². The summed E-state index contributed by atoms with van der Waals surface area (Å²) in [6, 6.07) is 11.9. The zero-order valence-corrected chi connectivity index (χ0v) is 11.4. The highest BCUT2D eigenvalue weighted by Gasteiger charge is 2.10. The second-order valence-electron chi connectivity index (χ2n) is 4.40. The summed E-state index contributed by atoms with van der Waals surface area (Å²) in [7, 11) is 0. The fraction of sp³-hybridized carbons (Fsp3) is 0.286. The number of rotatable bonds is 7. The Balaban J connectivity index is 2.01. The number of anilines is 1. The first-order valence-corrected chi connectivity index (χ1v) is 6.51. The van der Waals surface area contributed by atoms with E-state index in [0.717, 1.165) is 5.69 Å². The minimum absolute atomic E-state index is 0.0710. The Morgan fingerprint density at radius 2 is 2.10 bits per heavy atom. The zero-order chi connectivity index (χ0) is 15.1. The Morgan fingerprint density at radius 1 is 1.33 bits per heavy atom. The van der Waals surface area contributed by atoms with Crippen molar-refractivity contribution < 1.29 is 9.90 Å². The number of carboxylic acids is 1. The summed E-state index contributed by atoms with van der Waals surface area (Å²) in [4.78, 5) is 12.8. The highest BCUT2D eigenvalue weighted by Crippen LogP contribution is 2.13. The van der Waals surface area contributed by atoms with Gasteiger partial charge in [-0.25, -0.2) is 9.48 Å². The highest BCUT2D eigenvalue weighted by molar-refractivity contribution is 5.84. The van der Waals surface area contributed by atoms with Gasteiger partial charge in [-0.2, -0.15) is 5.26 Å². The number of para-hydroxylation sites is 1. The van der Waals surface area contributed by atoms with Crippen LogP contribution in [0.25, 0.3) is 0 Å². The Bertz CT molecular complexity index is 632. The quantitative estimate of drug-likeness (QED) is 0.826. The lowest BCUT2D eigenvalue weighted by Gasteiger charge is -2.23. The molecular formula is C14H15N5O2. The summed E-state index contributed by atoms with van der Waals surface area (Å²) < 4.78 is 1.49. The number of hydrogen-bond donors (Lipinski definition) is 1. The smallest absolute Gasteiger partial charge is 0.358 e. The van der Waals surface area contributed by atoms with E-state index in [4.69, 9.17) is 10.4 Å². The van der Waals surface area contributed by atoms with Crippen LogP contribution in [0.2, 0.25) is 0 Å². The lowest BCUT2D eigenvalue weighted by molar-refractivity contribution is 0.0690. The van der Waals surface area contributed by atoms with E-state index in [1.807, 2.05) is 30.3 Å². The molecule has 0 bridgehead atoms. The minimum atomic E-state index is -1.09. The Morgan fingerprint density at radius 3 is 2.71 bits per heavy atom. The van der Waals surface area contributed by atoms with Gasteiger partial charge in [-0.05, 0) is 12.1 Å². The fourth-order valence-electron chi connectivity index (χ4n) is 1.92. The SMILES string of the molecule is N#CCCN(CCn1cc(C(=O)O)nn1)c1ccccc1. The van der Waals surface area contributed by atoms with E-state index in [1.54, 1.807) is 0 Å². The van der Waals surface area contributed by atoms with Crippen LogP contribution in [0.1, 0.15) is 16.9 Å². The van der Waals surface area contributed by atoms with Gasteiger partial charge in [0.05, 0.1) is 25.2 Å². The van der Waals surface area contributed by atoms with Gasteiger partial charge in [0.1, 0.15) is 0 Å². The largest absolute Gasteiger partial charge is 0.476 e. The van der Waals surface area contributed by atoms with E-state index in [2.05, 4.69) is 21.3 Å². The van der Waals surface area contributed by atoms with E-state index in [9.17, 15) is 4.79 Å². The third-order valence-corrected chi connectivity index (χ3v) is 2.97. The molecule has 0 aliphatic heterocycles. The molecule has 0 saturated carbocycles. The summed E-state index contributed by atoms with van der Waals surface area (Å²) >= 11 is 0. The lowest BCUT2D eigenvalue weighted by atomic mass is 10.2. The van der Waals surface area contributed by atoms with Crippen molar-refractivity contribution in [1.29, 1.82) is 5.26 Å². The molecule has 2 aromatic rings. The van der Waals surface area contributed by atoms with Gasteiger partial charge in [0, 0.05) is 18.8 Å². The summed E-state index contributed by atoms with van der Waals surface area (Å²) in [5.41, 5.74) is 0.949. The maximum atomic E-state index is 10.8. The number of nitrogens with zero attached hydrogens (tertiary/aromatic N) is 5.